The monoisotopic (exact) mass is 654 g/mol. The van der Waals surface area contributed by atoms with Crippen LogP contribution in [0.3, 0.4) is 0 Å². The lowest BCUT2D eigenvalue weighted by atomic mass is 9.85. The van der Waals surface area contributed by atoms with E-state index in [4.69, 9.17) is 14.8 Å². The smallest absolute Gasteiger partial charge is 0.338 e. The molecule has 10 nitrogen and oxygen atoms in total. The summed E-state index contributed by atoms with van der Waals surface area (Å²) < 4.78 is 47.6. The number of carboxylic acid groups (broad SMARTS) is 1. The molecule has 1 unspecified atom stereocenters. The number of nitrogens with zero attached hydrogens (tertiary/aromatic N) is 3. The molecule has 2 aromatic rings. The fourth-order valence-corrected chi connectivity index (χ4v) is 8.59. The predicted octanol–water partition coefficient (Wildman–Crippen LogP) is 3.86. The minimum Gasteiger partial charge on any atom is -0.481 e. The van der Waals surface area contributed by atoms with E-state index in [1.165, 1.54) is 27.8 Å². The number of piperidine rings is 1. The molecule has 14 heteroatoms. The summed E-state index contributed by atoms with van der Waals surface area (Å²) in [6, 6.07) is 3.39. The Hall–Kier alpha value is -2.68. The second-order valence-electron chi connectivity index (χ2n) is 9.90. The van der Waals surface area contributed by atoms with Crippen LogP contribution < -0.4 is 5.32 Å². The Morgan fingerprint density at radius 2 is 2.00 bits per heavy atom. The number of amidine groups is 1. The van der Waals surface area contributed by atoms with Crippen molar-refractivity contribution in [2.24, 2.45) is 16.8 Å². The van der Waals surface area contributed by atoms with Crippen molar-refractivity contribution < 1.29 is 32.2 Å². The number of esters is 1. The zero-order valence-electron chi connectivity index (χ0n) is 21.5. The van der Waals surface area contributed by atoms with Gasteiger partial charge in [-0.25, -0.2) is 26.9 Å². The number of carboxylic acids is 1. The Morgan fingerprint density at radius 1 is 1.27 bits per heavy atom. The first-order chi connectivity index (χ1) is 19.1. The number of aromatic nitrogens is 1. The molecule has 2 fully saturated rings. The first-order valence-corrected chi connectivity index (χ1v) is 16.1. The van der Waals surface area contributed by atoms with Gasteiger partial charge in [-0.3, -0.25) is 9.79 Å². The van der Waals surface area contributed by atoms with Crippen molar-refractivity contribution in [2.75, 3.05) is 19.7 Å². The van der Waals surface area contributed by atoms with E-state index in [1.807, 2.05) is 5.38 Å². The van der Waals surface area contributed by atoms with Crippen LogP contribution in [-0.4, -0.2) is 65.5 Å². The molecule has 5 rings (SSSR count). The number of aliphatic carboxylic acids is 1. The maximum Gasteiger partial charge on any atom is 0.338 e. The largest absolute Gasteiger partial charge is 0.481 e. The van der Waals surface area contributed by atoms with Gasteiger partial charge in [-0.05, 0) is 50.3 Å². The summed E-state index contributed by atoms with van der Waals surface area (Å²) in [5.74, 6) is -2.34. The molecule has 1 saturated carbocycles. The van der Waals surface area contributed by atoms with Gasteiger partial charge < -0.3 is 15.2 Å². The van der Waals surface area contributed by atoms with Crippen LogP contribution in [0.2, 0.25) is 0 Å². The molecule has 1 aromatic carbocycles. The van der Waals surface area contributed by atoms with Crippen LogP contribution in [0.1, 0.15) is 49.2 Å². The second-order valence-corrected chi connectivity index (χ2v) is 13.9. The Morgan fingerprint density at radius 3 is 2.60 bits per heavy atom. The number of ether oxygens (including phenoxy) is 1. The number of hydrogen-bond donors (Lipinski definition) is 2. The third-order valence-corrected chi connectivity index (χ3v) is 11.3. The van der Waals surface area contributed by atoms with Gasteiger partial charge in [0.1, 0.15) is 11.9 Å². The Kier molecular flexibility index (Phi) is 8.41. The summed E-state index contributed by atoms with van der Waals surface area (Å²) in [6.45, 7) is 2.32. The molecule has 3 heterocycles. The molecular weight excluding hydrogens is 627 g/mol. The van der Waals surface area contributed by atoms with Crippen LogP contribution in [0.5, 0.6) is 0 Å². The summed E-state index contributed by atoms with van der Waals surface area (Å²) in [4.78, 5) is 33.8. The quantitative estimate of drug-likeness (QED) is 0.409. The number of benzene rings is 1. The number of aliphatic imine (C=N–C) groups is 1. The van der Waals surface area contributed by atoms with Crippen LogP contribution in [-0.2, 0) is 24.3 Å². The molecule has 2 N–H and O–H groups in total. The minimum atomic E-state index is -3.63. The van der Waals surface area contributed by atoms with Gasteiger partial charge in [0, 0.05) is 40.8 Å². The van der Waals surface area contributed by atoms with Gasteiger partial charge in [-0.1, -0.05) is 22.0 Å². The normalized spacial score (nSPS) is 24.2. The number of carbonyl (C=O) groups excluding carboxylic acids is 1. The average Bonchev–Trinajstić information content (AvgIpc) is 3.42. The van der Waals surface area contributed by atoms with Crippen molar-refractivity contribution in [3.63, 3.8) is 0 Å². The molecule has 1 atom stereocenters. The van der Waals surface area contributed by atoms with Crippen molar-refractivity contribution in [3.05, 3.63) is 61.9 Å². The number of carbonyl (C=O) groups is 2. The summed E-state index contributed by atoms with van der Waals surface area (Å²) in [5, 5.41) is 14.2. The highest BCUT2D eigenvalue weighted by atomic mass is 79.9. The molecule has 0 spiro atoms. The molecule has 1 aliphatic carbocycles. The zero-order valence-corrected chi connectivity index (χ0v) is 24.8. The molecule has 0 amide bonds. The van der Waals surface area contributed by atoms with E-state index in [0.29, 0.717) is 45.0 Å². The van der Waals surface area contributed by atoms with Gasteiger partial charge in [0.15, 0.2) is 10.8 Å². The van der Waals surface area contributed by atoms with E-state index < -0.39 is 45.0 Å². The topological polar surface area (TPSA) is 138 Å². The lowest BCUT2D eigenvalue weighted by molar-refractivity contribution is -0.144. The number of halogens is 2. The summed E-state index contributed by atoms with van der Waals surface area (Å²) in [6.07, 6.45) is 2.76. The molecule has 214 valence electrons. The molecule has 1 saturated heterocycles. The van der Waals surface area contributed by atoms with Crippen LogP contribution in [0.25, 0.3) is 0 Å². The summed E-state index contributed by atoms with van der Waals surface area (Å²) >= 11 is 4.80. The van der Waals surface area contributed by atoms with Gasteiger partial charge in [0.05, 0.1) is 23.3 Å². The van der Waals surface area contributed by atoms with Crippen molar-refractivity contribution in [3.8, 4) is 0 Å². The van der Waals surface area contributed by atoms with Crippen LogP contribution >= 0.6 is 27.3 Å². The molecular formula is C26H28BrFN4O6S2. The summed E-state index contributed by atoms with van der Waals surface area (Å²) in [5.41, 5.74) is 1.46. The first-order valence-electron chi connectivity index (χ1n) is 12.9. The number of thiazole rings is 1. The minimum absolute atomic E-state index is 0.124. The summed E-state index contributed by atoms with van der Waals surface area (Å²) in [7, 11) is -3.63. The average molecular weight is 656 g/mol. The molecule has 1 aromatic heterocycles. The van der Waals surface area contributed by atoms with E-state index in [9.17, 15) is 22.4 Å². The van der Waals surface area contributed by atoms with E-state index >= 15 is 0 Å². The lowest BCUT2D eigenvalue weighted by Gasteiger charge is -2.40. The van der Waals surface area contributed by atoms with Crippen LogP contribution in [0.15, 0.2) is 50.5 Å². The third-order valence-electron chi connectivity index (χ3n) is 7.55. The standard InChI is InChI=1S/C26H28BrFN4O6S2/c1-2-38-26(35)20-21(14-5-8-32(9-6-14)40(36,37)17-11-15(12-17)25(33)34)30-23(24-29-7-10-39-24)31-22(20)18-4-3-16(28)13-19(18)27/h3-4,7,10,13-15,17,22H,2,5-6,8-9,11-12H2,1H3,(H,30,31)(H,33,34). The van der Waals surface area contributed by atoms with Crippen molar-refractivity contribution in [1.29, 1.82) is 0 Å². The number of sulfonamides is 1. The number of nitrogens with one attached hydrogen (secondary N) is 1. The SMILES string of the molecule is CCOC(=O)C1=C(C2CCN(S(=O)(=O)C3CC(C(=O)O)C3)CC2)NC(c2nccs2)=NC1c1ccc(F)cc1Br. The first kappa shape index (κ1) is 28.8. The Balaban J connectivity index is 1.47. The number of rotatable bonds is 8. The Labute approximate surface area is 243 Å². The second kappa shape index (κ2) is 11.7. The van der Waals surface area contributed by atoms with Crippen LogP contribution in [0.4, 0.5) is 4.39 Å². The van der Waals surface area contributed by atoms with Crippen molar-refractivity contribution in [1.82, 2.24) is 14.6 Å². The zero-order chi connectivity index (χ0) is 28.6. The molecule has 40 heavy (non-hydrogen) atoms. The maximum absolute atomic E-state index is 14.0. The number of allylic oxidation sites excluding steroid dienone is 1. The lowest BCUT2D eigenvalue weighted by Crippen LogP contribution is -2.50. The van der Waals surface area contributed by atoms with Crippen LogP contribution in [0, 0.1) is 17.7 Å². The Bertz CT molecular complexity index is 1470. The molecule has 0 bridgehead atoms. The van der Waals surface area contributed by atoms with Gasteiger partial charge in [-0.15, -0.1) is 11.3 Å². The van der Waals surface area contributed by atoms with Gasteiger partial charge >= 0.3 is 11.9 Å². The predicted molar refractivity (Wildman–Crippen MR) is 150 cm³/mol. The number of hydrogen-bond acceptors (Lipinski definition) is 9. The highest BCUT2D eigenvalue weighted by molar-refractivity contribution is 9.10. The van der Waals surface area contributed by atoms with E-state index in [2.05, 4.69) is 26.2 Å². The van der Waals surface area contributed by atoms with E-state index in [0.717, 1.165) is 0 Å². The van der Waals surface area contributed by atoms with Gasteiger partial charge in [0.2, 0.25) is 10.0 Å². The van der Waals surface area contributed by atoms with Gasteiger partial charge in [0.25, 0.3) is 0 Å². The fraction of sp³-hybridized carbons (Fsp3) is 0.462. The van der Waals surface area contributed by atoms with E-state index in [1.54, 1.807) is 19.2 Å². The highest BCUT2D eigenvalue weighted by Gasteiger charge is 2.46. The molecule has 2 aliphatic heterocycles. The maximum atomic E-state index is 14.0. The van der Waals surface area contributed by atoms with Gasteiger partial charge in [-0.2, -0.15) is 0 Å². The molecule has 3 aliphatic rings. The third kappa shape index (κ3) is 5.58. The molecule has 0 radical (unpaired) electrons. The van der Waals surface area contributed by atoms with Crippen molar-refractivity contribution >= 4 is 55.1 Å². The van der Waals surface area contributed by atoms with E-state index in [-0.39, 0.29) is 38.5 Å². The highest BCUT2D eigenvalue weighted by Crippen LogP contribution is 2.41. The van der Waals surface area contributed by atoms with Crippen molar-refractivity contribution in [2.45, 2.75) is 43.9 Å². The fourth-order valence-electron chi connectivity index (χ4n) is 5.34.